The first-order valence-corrected chi connectivity index (χ1v) is 4.33. The van der Waals surface area contributed by atoms with Gasteiger partial charge in [0.25, 0.3) is 0 Å². The van der Waals surface area contributed by atoms with Gasteiger partial charge in [0.05, 0.1) is 0 Å². The SMILES string of the molecule is CC(=O)Nc1ccccc1CS. The van der Waals surface area contributed by atoms with Gasteiger partial charge in [0.2, 0.25) is 5.91 Å². The fourth-order valence-corrected chi connectivity index (χ4v) is 1.25. The zero-order chi connectivity index (χ0) is 8.97. The summed E-state index contributed by atoms with van der Waals surface area (Å²) in [5.41, 5.74) is 1.89. The van der Waals surface area contributed by atoms with E-state index in [2.05, 4.69) is 17.9 Å². The lowest BCUT2D eigenvalue weighted by atomic mass is 10.2. The molecule has 0 spiro atoms. The Morgan fingerprint density at radius 1 is 1.50 bits per heavy atom. The first-order valence-electron chi connectivity index (χ1n) is 3.70. The number of benzene rings is 1. The maximum Gasteiger partial charge on any atom is 0.221 e. The molecule has 1 N–H and O–H groups in total. The summed E-state index contributed by atoms with van der Waals surface area (Å²) >= 11 is 4.15. The Morgan fingerprint density at radius 2 is 2.17 bits per heavy atom. The number of hydrogen-bond donors (Lipinski definition) is 2. The fraction of sp³-hybridized carbons (Fsp3) is 0.222. The summed E-state index contributed by atoms with van der Waals surface area (Å²) in [4.78, 5) is 10.7. The van der Waals surface area contributed by atoms with Crippen LogP contribution in [0.5, 0.6) is 0 Å². The van der Waals surface area contributed by atoms with E-state index in [0.717, 1.165) is 11.3 Å². The van der Waals surface area contributed by atoms with Crippen LogP contribution in [0.15, 0.2) is 24.3 Å². The quantitative estimate of drug-likeness (QED) is 0.672. The molecule has 1 aromatic carbocycles. The van der Waals surface area contributed by atoms with Gasteiger partial charge in [-0.05, 0) is 11.6 Å². The highest BCUT2D eigenvalue weighted by Gasteiger charge is 1.99. The van der Waals surface area contributed by atoms with E-state index >= 15 is 0 Å². The van der Waals surface area contributed by atoms with Crippen molar-refractivity contribution in [2.75, 3.05) is 5.32 Å². The normalized spacial score (nSPS) is 9.50. The van der Waals surface area contributed by atoms with Crippen molar-refractivity contribution in [1.29, 1.82) is 0 Å². The third-order valence-electron chi connectivity index (χ3n) is 1.50. The van der Waals surface area contributed by atoms with Crippen LogP contribution in [0, 0.1) is 0 Å². The van der Waals surface area contributed by atoms with Crippen molar-refractivity contribution in [3.63, 3.8) is 0 Å². The number of thiol groups is 1. The number of amides is 1. The summed E-state index contributed by atoms with van der Waals surface area (Å²) in [5, 5.41) is 2.74. The number of para-hydroxylation sites is 1. The van der Waals surface area contributed by atoms with E-state index in [0.29, 0.717) is 5.75 Å². The maximum atomic E-state index is 10.7. The Labute approximate surface area is 77.4 Å². The van der Waals surface area contributed by atoms with E-state index in [4.69, 9.17) is 0 Å². The standard InChI is InChI=1S/C9H11NOS/c1-7(11)10-9-5-3-2-4-8(9)6-12/h2-5,12H,6H2,1H3,(H,10,11). The first kappa shape index (κ1) is 9.13. The van der Waals surface area contributed by atoms with Gasteiger partial charge in [0, 0.05) is 18.4 Å². The van der Waals surface area contributed by atoms with Crippen LogP contribution in [0.3, 0.4) is 0 Å². The molecule has 0 radical (unpaired) electrons. The van der Waals surface area contributed by atoms with Crippen molar-refractivity contribution < 1.29 is 4.79 Å². The van der Waals surface area contributed by atoms with Crippen LogP contribution in [-0.4, -0.2) is 5.91 Å². The van der Waals surface area contributed by atoms with E-state index in [1.807, 2.05) is 24.3 Å². The highest BCUT2D eigenvalue weighted by atomic mass is 32.1. The molecule has 0 saturated carbocycles. The molecule has 0 atom stereocenters. The van der Waals surface area contributed by atoms with Crippen LogP contribution in [-0.2, 0) is 10.5 Å². The second-order valence-electron chi connectivity index (χ2n) is 2.50. The van der Waals surface area contributed by atoms with Gasteiger partial charge < -0.3 is 5.32 Å². The molecule has 0 heterocycles. The molecule has 1 amide bonds. The number of carbonyl (C=O) groups is 1. The molecule has 64 valence electrons. The smallest absolute Gasteiger partial charge is 0.221 e. The van der Waals surface area contributed by atoms with Crippen molar-refractivity contribution >= 4 is 24.2 Å². The summed E-state index contributed by atoms with van der Waals surface area (Å²) in [6.45, 7) is 1.50. The first-order chi connectivity index (χ1) is 5.74. The Balaban J connectivity index is 2.89. The second-order valence-corrected chi connectivity index (χ2v) is 2.81. The molecule has 0 saturated heterocycles. The van der Waals surface area contributed by atoms with Gasteiger partial charge in [-0.1, -0.05) is 18.2 Å². The lowest BCUT2D eigenvalue weighted by molar-refractivity contribution is -0.114. The van der Waals surface area contributed by atoms with Crippen molar-refractivity contribution in [3.05, 3.63) is 29.8 Å². The van der Waals surface area contributed by atoms with Gasteiger partial charge in [-0.25, -0.2) is 0 Å². The van der Waals surface area contributed by atoms with E-state index in [-0.39, 0.29) is 5.91 Å². The summed E-state index contributed by atoms with van der Waals surface area (Å²) in [5.74, 6) is 0.584. The molecule has 0 aliphatic heterocycles. The number of rotatable bonds is 2. The predicted molar refractivity (Wildman–Crippen MR) is 53.4 cm³/mol. The molecule has 3 heteroatoms. The lowest BCUT2D eigenvalue weighted by Gasteiger charge is -2.06. The van der Waals surface area contributed by atoms with Crippen molar-refractivity contribution in [2.45, 2.75) is 12.7 Å². The monoisotopic (exact) mass is 181 g/mol. The largest absolute Gasteiger partial charge is 0.326 e. The molecule has 0 fully saturated rings. The minimum absolute atomic E-state index is 0.0516. The van der Waals surface area contributed by atoms with Crippen LogP contribution >= 0.6 is 12.6 Å². The van der Waals surface area contributed by atoms with Gasteiger partial charge in [-0.2, -0.15) is 12.6 Å². The molecular formula is C9H11NOS. The molecule has 0 aliphatic carbocycles. The molecule has 1 aromatic rings. The Bertz CT molecular complexity index is 286. The number of anilines is 1. The van der Waals surface area contributed by atoms with Crippen molar-refractivity contribution in [1.82, 2.24) is 0 Å². The third kappa shape index (κ3) is 2.27. The zero-order valence-electron chi connectivity index (χ0n) is 6.87. The van der Waals surface area contributed by atoms with Gasteiger partial charge in [0.15, 0.2) is 0 Å². The second kappa shape index (κ2) is 4.16. The molecule has 12 heavy (non-hydrogen) atoms. The van der Waals surface area contributed by atoms with Gasteiger partial charge in [0.1, 0.15) is 0 Å². The summed E-state index contributed by atoms with van der Waals surface area (Å²) in [6, 6.07) is 7.63. The Morgan fingerprint density at radius 3 is 2.75 bits per heavy atom. The van der Waals surface area contributed by atoms with Crippen LogP contribution in [0.1, 0.15) is 12.5 Å². The van der Waals surface area contributed by atoms with E-state index in [9.17, 15) is 4.79 Å². The van der Waals surface area contributed by atoms with E-state index in [1.165, 1.54) is 6.92 Å². The van der Waals surface area contributed by atoms with Gasteiger partial charge in [-0.3, -0.25) is 4.79 Å². The average molecular weight is 181 g/mol. The molecule has 0 bridgehead atoms. The topological polar surface area (TPSA) is 29.1 Å². The minimum Gasteiger partial charge on any atom is -0.326 e. The molecule has 1 rings (SSSR count). The summed E-state index contributed by atoms with van der Waals surface area (Å²) in [6.07, 6.45) is 0. The molecule has 0 aromatic heterocycles. The maximum absolute atomic E-state index is 10.7. The summed E-state index contributed by atoms with van der Waals surface area (Å²) in [7, 11) is 0. The number of carbonyl (C=O) groups excluding carboxylic acids is 1. The number of nitrogens with one attached hydrogen (secondary N) is 1. The predicted octanol–water partition coefficient (Wildman–Crippen LogP) is 2.07. The lowest BCUT2D eigenvalue weighted by Crippen LogP contribution is -2.07. The third-order valence-corrected chi connectivity index (χ3v) is 1.84. The van der Waals surface area contributed by atoms with Crippen molar-refractivity contribution in [3.8, 4) is 0 Å². The van der Waals surface area contributed by atoms with Gasteiger partial charge >= 0.3 is 0 Å². The van der Waals surface area contributed by atoms with Crippen LogP contribution < -0.4 is 5.32 Å². The molecule has 0 aliphatic rings. The highest BCUT2D eigenvalue weighted by Crippen LogP contribution is 2.16. The van der Waals surface area contributed by atoms with Crippen LogP contribution in [0.25, 0.3) is 0 Å². The highest BCUT2D eigenvalue weighted by molar-refractivity contribution is 7.79. The number of hydrogen-bond acceptors (Lipinski definition) is 2. The van der Waals surface area contributed by atoms with Crippen molar-refractivity contribution in [2.24, 2.45) is 0 Å². The van der Waals surface area contributed by atoms with E-state index in [1.54, 1.807) is 0 Å². The fourth-order valence-electron chi connectivity index (χ4n) is 0.970. The van der Waals surface area contributed by atoms with Crippen LogP contribution in [0.2, 0.25) is 0 Å². The van der Waals surface area contributed by atoms with Crippen LogP contribution in [0.4, 0.5) is 5.69 Å². The Kier molecular flexibility index (Phi) is 3.17. The molecule has 0 unspecified atom stereocenters. The Hall–Kier alpha value is -0.960. The minimum atomic E-state index is -0.0516. The molecule has 2 nitrogen and oxygen atoms in total. The summed E-state index contributed by atoms with van der Waals surface area (Å²) < 4.78 is 0. The average Bonchev–Trinajstić information content (AvgIpc) is 2.04. The molecular weight excluding hydrogens is 170 g/mol. The van der Waals surface area contributed by atoms with Gasteiger partial charge in [-0.15, -0.1) is 0 Å². The zero-order valence-corrected chi connectivity index (χ0v) is 7.77. The van der Waals surface area contributed by atoms with E-state index < -0.39 is 0 Å².